The zero-order chi connectivity index (χ0) is 21.2. The van der Waals surface area contributed by atoms with Crippen molar-refractivity contribution < 1.29 is 26.2 Å². The van der Waals surface area contributed by atoms with Crippen LogP contribution in [0.25, 0.3) is 21.5 Å². The summed E-state index contributed by atoms with van der Waals surface area (Å²) >= 11 is 0. The number of hydrogen-bond donors (Lipinski definition) is 0. The molecule has 0 saturated heterocycles. The second kappa shape index (κ2) is 17.3. The van der Waals surface area contributed by atoms with Gasteiger partial charge in [-0.15, -0.1) is 69.1 Å². The molecule has 0 heterocycles. The van der Waals surface area contributed by atoms with Crippen LogP contribution in [0.4, 0.5) is 0 Å². The molecule has 0 atom stereocenters. The van der Waals surface area contributed by atoms with E-state index in [1.807, 2.05) is 0 Å². The van der Waals surface area contributed by atoms with Crippen LogP contribution in [-0.4, -0.2) is 9.52 Å². The zero-order valence-corrected chi connectivity index (χ0v) is 25.1. The Morgan fingerprint density at radius 2 is 0.969 bits per heavy atom. The van der Waals surface area contributed by atoms with Gasteiger partial charge < -0.3 is 14.9 Å². The smallest absolute Gasteiger partial charge is 0.358 e. The van der Waals surface area contributed by atoms with E-state index in [2.05, 4.69) is 101 Å². The van der Waals surface area contributed by atoms with Crippen LogP contribution in [0.1, 0.15) is 49.9 Å². The molecule has 0 N–H and O–H groups in total. The first kappa shape index (κ1) is 32.9. The largest absolute Gasteiger partial charge is 4.00 e. The molecule has 170 valence electrons. The molecule has 0 aliphatic carbocycles. The molecule has 0 unspecified atom stereocenters. The Morgan fingerprint density at radius 1 is 0.625 bits per heavy atom. The maximum absolute atomic E-state index is 2.33. The first-order valence-corrected chi connectivity index (χ1v) is 13.0. The van der Waals surface area contributed by atoms with E-state index in [1.54, 1.807) is 0 Å². The summed E-state index contributed by atoms with van der Waals surface area (Å²) in [7, 11) is 1.08. The predicted molar refractivity (Wildman–Crippen MR) is 147 cm³/mol. The molecule has 0 saturated carbocycles. The average Bonchev–Trinajstić information content (AvgIpc) is 3.37. The van der Waals surface area contributed by atoms with Crippen molar-refractivity contribution >= 4 is 31.1 Å². The normalized spacial score (nSPS) is 9.44. The van der Waals surface area contributed by atoms with Gasteiger partial charge in [-0.2, -0.15) is 12.1 Å². The van der Waals surface area contributed by atoms with Gasteiger partial charge in [-0.05, 0) is 25.7 Å². The minimum atomic E-state index is 0. The quantitative estimate of drug-likeness (QED) is 0.185. The van der Waals surface area contributed by atoms with Gasteiger partial charge in [-0.25, -0.2) is 0 Å². The van der Waals surface area contributed by atoms with E-state index in [0.29, 0.717) is 0 Å². The third kappa shape index (κ3) is 8.60. The van der Waals surface area contributed by atoms with Crippen LogP contribution in [0.5, 0.6) is 0 Å². The van der Waals surface area contributed by atoms with E-state index in [1.165, 1.54) is 43.8 Å². The second-order valence-corrected chi connectivity index (χ2v) is 8.48. The van der Waals surface area contributed by atoms with Crippen molar-refractivity contribution in [1.82, 2.24) is 0 Å². The fraction of sp³-hybridized carbons (Fsp3) is 0.333. The van der Waals surface area contributed by atoms with Crippen LogP contribution < -0.4 is 0 Å². The molecule has 4 aromatic carbocycles. The van der Waals surface area contributed by atoms with Gasteiger partial charge in [-0.1, -0.05) is 64.0 Å². The van der Waals surface area contributed by atoms with Gasteiger partial charge in [0.1, 0.15) is 0 Å². The molecular formula is C30H42SiZr. The van der Waals surface area contributed by atoms with Crippen LogP contribution in [0.2, 0.25) is 13.1 Å². The molecular weight excluding hydrogens is 480 g/mol. The number of fused-ring (bicyclic) bond motifs is 2. The van der Waals surface area contributed by atoms with Crippen molar-refractivity contribution in [1.29, 1.82) is 0 Å². The van der Waals surface area contributed by atoms with Crippen molar-refractivity contribution in [3.63, 3.8) is 0 Å². The van der Waals surface area contributed by atoms with Crippen molar-refractivity contribution in [2.75, 3.05) is 0 Å². The van der Waals surface area contributed by atoms with Crippen molar-refractivity contribution in [3.05, 3.63) is 97.8 Å². The molecule has 0 fully saturated rings. The van der Waals surface area contributed by atoms with Crippen LogP contribution in [0.15, 0.2) is 60.7 Å². The molecule has 0 spiro atoms. The summed E-state index contributed by atoms with van der Waals surface area (Å²) in [5, 5.41) is 5.69. The van der Waals surface area contributed by atoms with Gasteiger partial charge in [0.15, 0.2) is 0 Å². The number of hydrogen-bond acceptors (Lipinski definition) is 0. The summed E-state index contributed by atoms with van der Waals surface area (Å²) in [5.41, 5.74) is 5.85. The minimum Gasteiger partial charge on any atom is -0.358 e. The Labute approximate surface area is 220 Å². The summed E-state index contributed by atoms with van der Waals surface area (Å²) in [6.07, 6.45) is 4.53. The van der Waals surface area contributed by atoms with Crippen molar-refractivity contribution in [3.8, 4) is 0 Å². The van der Waals surface area contributed by atoms with E-state index in [-0.39, 0.29) is 41.1 Å². The summed E-state index contributed by atoms with van der Waals surface area (Å²) in [4.78, 5) is 0. The molecule has 0 amide bonds. The van der Waals surface area contributed by atoms with Gasteiger partial charge in [-0.3, -0.25) is 0 Å². The summed E-state index contributed by atoms with van der Waals surface area (Å²) in [5.74, 6) is 0. The number of aryl methyl sites for hydroxylation is 4. The monoisotopic (exact) mass is 520 g/mol. The Kier molecular flexibility index (Phi) is 17.8. The summed E-state index contributed by atoms with van der Waals surface area (Å²) in [6.45, 7) is 13.2. The zero-order valence-electron chi connectivity index (χ0n) is 21.6. The summed E-state index contributed by atoms with van der Waals surface area (Å²) < 4.78 is 0. The van der Waals surface area contributed by atoms with Crippen LogP contribution >= 0.6 is 0 Å². The third-order valence-corrected chi connectivity index (χ3v) is 5.38. The molecule has 4 rings (SSSR count). The molecule has 4 aromatic rings. The Bertz CT molecular complexity index is 924. The van der Waals surface area contributed by atoms with Crippen LogP contribution in [0.3, 0.4) is 0 Å². The predicted octanol–water partition coefficient (Wildman–Crippen LogP) is 9.05. The van der Waals surface area contributed by atoms with Gasteiger partial charge in [0, 0.05) is 9.52 Å². The third-order valence-electron chi connectivity index (χ3n) is 5.38. The first-order valence-electron chi connectivity index (χ1n) is 11.0. The Balaban J connectivity index is 0. The molecule has 2 radical (unpaired) electrons. The fourth-order valence-electron chi connectivity index (χ4n) is 3.75. The maximum Gasteiger partial charge on any atom is 4.00 e. The van der Waals surface area contributed by atoms with Gasteiger partial charge in [0.2, 0.25) is 0 Å². The summed E-state index contributed by atoms with van der Waals surface area (Å²) in [6, 6.07) is 22.4. The molecule has 32 heavy (non-hydrogen) atoms. The second-order valence-electron chi connectivity index (χ2n) is 7.48. The number of benzene rings is 2. The maximum atomic E-state index is 2.33. The van der Waals surface area contributed by atoms with Crippen LogP contribution in [-0.2, 0) is 51.9 Å². The molecule has 0 bridgehead atoms. The van der Waals surface area contributed by atoms with E-state index in [0.717, 1.165) is 35.2 Å². The first-order chi connectivity index (χ1) is 14.1. The van der Waals surface area contributed by atoms with Crippen LogP contribution in [0, 0.1) is 14.9 Å². The van der Waals surface area contributed by atoms with Gasteiger partial charge in [0.05, 0.1) is 0 Å². The van der Waals surface area contributed by atoms with E-state index in [4.69, 9.17) is 0 Å². The molecule has 0 aliphatic heterocycles. The molecule has 0 nitrogen and oxygen atoms in total. The Hall–Kier alpha value is -1.24. The number of rotatable bonds is 4. The van der Waals surface area contributed by atoms with Crippen molar-refractivity contribution in [2.24, 2.45) is 0 Å². The molecule has 2 heteroatoms. The minimum absolute atomic E-state index is 0. The topological polar surface area (TPSA) is 0 Å². The van der Waals surface area contributed by atoms with Gasteiger partial charge >= 0.3 is 26.2 Å². The average molecular weight is 522 g/mol. The molecule has 0 aliphatic rings. The van der Waals surface area contributed by atoms with E-state index < -0.39 is 0 Å². The van der Waals surface area contributed by atoms with Crippen molar-refractivity contribution in [2.45, 2.75) is 66.5 Å². The Morgan fingerprint density at radius 3 is 1.25 bits per heavy atom. The standard InChI is InChI=1S/2C13H15.C2H6Si.2CH3.Zr/c2*1-3-10-8-12-7-5-6-11(4-2)13(12)9-10;1-3-2;;;/h2*5-9H,3-4H2,1-2H3;1-2H3;2*1H3;/q2*-1;;2*-1;+4. The fourth-order valence-corrected chi connectivity index (χ4v) is 3.75. The SMILES string of the molecule is CCc1cc2c(CC)cccc2[cH-]1.CCc1cc2c(CC)cccc2[cH-]1.C[Si]C.[CH3-].[CH3-].[Zr+4]. The van der Waals surface area contributed by atoms with E-state index >= 15 is 0 Å². The molecule has 0 aromatic heterocycles. The van der Waals surface area contributed by atoms with Gasteiger partial charge in [0.25, 0.3) is 0 Å². The van der Waals surface area contributed by atoms with E-state index in [9.17, 15) is 0 Å².